The molecule has 11 atom stereocenters. The fraction of sp³-hybridized carbons (Fsp3) is 0.500. The average Bonchev–Trinajstić information content (AvgIpc) is 0.669. The van der Waals surface area contributed by atoms with Gasteiger partial charge in [-0.05, 0) is 93.1 Å². The van der Waals surface area contributed by atoms with Crippen LogP contribution in [0.4, 0.5) is 31.6 Å². The van der Waals surface area contributed by atoms with E-state index >= 15 is 14.0 Å². The minimum Gasteiger partial charge on any atom is -0.508 e. The highest BCUT2D eigenvalue weighted by molar-refractivity contribution is 6.22. The zero-order valence-corrected chi connectivity index (χ0v) is 59.7. The van der Waals surface area contributed by atoms with Gasteiger partial charge in [-0.1, -0.05) is 82.3 Å². The number of anilines is 3. The number of nitrogens with one attached hydrogen (secondary N) is 2. The lowest BCUT2D eigenvalue weighted by atomic mass is 9.44. The van der Waals surface area contributed by atoms with Gasteiger partial charge in [0.15, 0.2) is 11.4 Å². The summed E-state index contributed by atoms with van der Waals surface area (Å²) in [6, 6.07) is 19.8. The number of halogens is 1. The van der Waals surface area contributed by atoms with Crippen molar-refractivity contribution in [1.29, 1.82) is 5.41 Å². The van der Waals surface area contributed by atoms with E-state index in [4.69, 9.17) is 44.5 Å². The number of aromatic nitrogens is 3. The number of carbonyl (C=O) groups is 7. The maximum absolute atomic E-state index is 15.9. The largest absolute Gasteiger partial charge is 0.508 e. The molecule has 6 aliphatic rings. The normalized spacial score (nSPS) is 26.0. The molecule has 0 radical (unpaired) electrons. The van der Waals surface area contributed by atoms with E-state index in [1.54, 1.807) is 74.2 Å². The number of ketones is 1. The standard InChI is InChI=1S/C74H90FN11O18/c1-40(2)47-32-48(51(89)33-50(47)88)63(76)86(66(77)96)46-22-21-45(49(75)31-46)36-82-23-27-84(28-24-82)67-78-39-79-68(81-67)85-29-25-83(26-30-85)37-55(91)101-59(57(43-17-13-11-14-18-43)80-69(97)104-70(5,6)7)65(95)100-52-35-74(98)62(102-64(94)44-19-15-12-16-20-44)60-72(10,61(93)58(92)56(41(52)3)71(74,8)9)53(90)34-54-73(60,38-99-54)103-42(4)87/h11-22,31-33,39-40,52-54,57-60,62,76,88-90,92,98H,23-30,34-38H2,1-10H3,(H2,77,96)(H,80,97)/t52-,53-,54+,57-,58+,59+,60-,62-,72+,73-,74+/m0/s1. The Morgan fingerprint density at radius 2 is 1.46 bits per heavy atom. The number of ether oxygens (including phenoxy) is 6. The number of phenols is 2. The first kappa shape index (κ1) is 75.4. The molecule has 0 unspecified atom stereocenters. The molecule has 3 amide bonds. The first-order valence-electron chi connectivity index (χ1n) is 34.6. The molecule has 4 heterocycles. The second-order valence-corrected chi connectivity index (χ2v) is 29.5. The number of primary amides is 1. The summed E-state index contributed by atoms with van der Waals surface area (Å²) in [4.78, 5) is 122. The number of aliphatic hydroxyl groups excluding tert-OH is 2. The Hall–Kier alpha value is -9.72. The van der Waals surface area contributed by atoms with Gasteiger partial charge in [-0.15, -0.1) is 0 Å². The predicted molar refractivity (Wildman–Crippen MR) is 373 cm³/mol. The Kier molecular flexibility index (Phi) is 21.3. The highest BCUT2D eigenvalue weighted by Crippen LogP contribution is 2.64. The van der Waals surface area contributed by atoms with Crippen LogP contribution in [0.3, 0.4) is 0 Å². The highest BCUT2D eigenvalue weighted by atomic mass is 19.1. The third kappa shape index (κ3) is 14.6. The maximum atomic E-state index is 15.9. The van der Waals surface area contributed by atoms with Gasteiger partial charge < -0.3 is 74.8 Å². The number of amides is 3. The summed E-state index contributed by atoms with van der Waals surface area (Å²) in [5.41, 5.74) is -2.65. The number of Topliss-reactive ketones (excluding diaryl/α,β-unsaturated/α-hetero) is 1. The number of hydrogen-bond donors (Lipinski definition) is 8. The molecule has 2 saturated carbocycles. The summed E-state index contributed by atoms with van der Waals surface area (Å²) < 4.78 is 52.8. The van der Waals surface area contributed by atoms with Crippen molar-refractivity contribution in [2.75, 3.05) is 80.2 Å². The number of benzene rings is 4. The van der Waals surface area contributed by atoms with Crippen molar-refractivity contribution in [2.24, 2.45) is 22.5 Å². The minimum atomic E-state index is -2.49. The average molecular weight is 1440 g/mol. The number of aliphatic hydroxyl groups is 3. The number of aromatic hydroxyl groups is 2. The molecule has 104 heavy (non-hydrogen) atoms. The summed E-state index contributed by atoms with van der Waals surface area (Å²) >= 11 is 0. The second kappa shape index (κ2) is 29.4. The SMILES string of the molecule is CC(=O)O[C@@]12CO[C@@H]1C[C@H](O)[C@@]1(C)C(=O)[C@H](O)C3=C(C)[C@@H](OC(=O)[C@H](OC(=O)CN4CCN(c5ncnc(N6CCN(Cc7ccc(N(C(=N)c8cc(C(C)C)c(O)cc8O)C(N)=O)cc7F)CC6)n5)CC4)[C@@H](NC(=O)OC(C)(C)C)c4ccccc4)C[C@@](O)([C@@H](OC(=O)c4ccccc4)[C@H]21)C3(C)C. The van der Waals surface area contributed by atoms with Crippen LogP contribution >= 0.6 is 0 Å². The molecule has 2 bridgehead atoms. The summed E-state index contributed by atoms with van der Waals surface area (Å²) in [5, 5.41) is 71.3. The molecule has 4 aromatic carbocycles. The van der Waals surface area contributed by atoms with Crippen molar-refractivity contribution in [3.63, 3.8) is 0 Å². The Labute approximate surface area is 600 Å². The molecular weight excluding hydrogens is 1350 g/mol. The van der Waals surface area contributed by atoms with Crippen molar-refractivity contribution in [3.05, 3.63) is 142 Å². The van der Waals surface area contributed by atoms with Gasteiger partial charge >= 0.3 is 36.0 Å². The number of hydrogen-bond acceptors (Lipinski definition) is 26. The van der Waals surface area contributed by atoms with Crippen molar-refractivity contribution in [2.45, 2.75) is 154 Å². The van der Waals surface area contributed by atoms with Crippen molar-refractivity contribution < 1.29 is 91.9 Å². The summed E-state index contributed by atoms with van der Waals surface area (Å²) in [6.07, 6.45) is -10.8. The third-order valence-electron chi connectivity index (χ3n) is 21.2. The Bertz CT molecular complexity index is 4170. The molecule has 29 nitrogen and oxygen atoms in total. The van der Waals surface area contributed by atoms with Crippen LogP contribution in [0.25, 0.3) is 0 Å². The van der Waals surface area contributed by atoms with E-state index < -0.39 is 142 Å². The zero-order chi connectivity index (χ0) is 75.3. The van der Waals surface area contributed by atoms with Crippen LogP contribution in [0.5, 0.6) is 11.5 Å². The Morgan fingerprint density at radius 3 is 2.03 bits per heavy atom. The van der Waals surface area contributed by atoms with Crippen molar-refractivity contribution in [3.8, 4) is 11.5 Å². The van der Waals surface area contributed by atoms with Gasteiger partial charge in [0.25, 0.3) is 0 Å². The van der Waals surface area contributed by atoms with Crippen molar-refractivity contribution in [1.82, 2.24) is 30.1 Å². The first-order valence-corrected chi connectivity index (χ1v) is 34.6. The van der Waals surface area contributed by atoms with E-state index in [0.29, 0.717) is 62.3 Å². The number of amidine groups is 1. The number of rotatable bonds is 18. The minimum absolute atomic E-state index is 0.0308. The van der Waals surface area contributed by atoms with Crippen LogP contribution in [0.2, 0.25) is 0 Å². The highest BCUT2D eigenvalue weighted by Gasteiger charge is 2.78. The number of nitrogens with two attached hydrogens (primary N) is 1. The maximum Gasteiger partial charge on any atom is 0.408 e. The van der Waals surface area contributed by atoms with Gasteiger partial charge in [-0.2, -0.15) is 4.98 Å². The number of fused-ring (bicyclic) bond motifs is 5. The number of urea groups is 1. The van der Waals surface area contributed by atoms with E-state index in [-0.39, 0.29) is 84.4 Å². The van der Waals surface area contributed by atoms with E-state index in [1.807, 2.05) is 28.5 Å². The number of carbonyl (C=O) groups excluding carboxylic acids is 7. The van der Waals surface area contributed by atoms with Crippen LogP contribution < -0.4 is 25.8 Å². The second-order valence-electron chi connectivity index (χ2n) is 29.5. The topological polar surface area (TPSA) is 393 Å². The molecule has 5 fully saturated rings. The number of esters is 4. The number of piperazine rings is 2. The van der Waals surface area contributed by atoms with Gasteiger partial charge in [0.05, 0.1) is 47.4 Å². The van der Waals surface area contributed by atoms with Gasteiger partial charge in [-0.3, -0.25) is 29.6 Å². The monoisotopic (exact) mass is 1440 g/mol. The Morgan fingerprint density at radius 1 is 0.846 bits per heavy atom. The fourth-order valence-corrected chi connectivity index (χ4v) is 15.6. The van der Waals surface area contributed by atoms with Gasteiger partial charge in [0.2, 0.25) is 18.0 Å². The van der Waals surface area contributed by atoms with E-state index in [0.717, 1.165) is 24.0 Å². The molecule has 9 N–H and O–H groups in total. The molecule has 0 spiro atoms. The Balaban J connectivity index is 0.799. The smallest absolute Gasteiger partial charge is 0.408 e. The molecule has 3 aliphatic heterocycles. The van der Waals surface area contributed by atoms with Crippen LogP contribution in [0.1, 0.15) is 127 Å². The lowest BCUT2D eigenvalue weighted by molar-refractivity contribution is -0.346. The third-order valence-corrected chi connectivity index (χ3v) is 21.2. The number of alkyl carbamates (subject to hydrolysis) is 1. The molecule has 5 aromatic rings. The molecule has 30 heteroatoms. The number of phenolic OH excluding ortho intramolecular Hbond substituents is 2. The quantitative estimate of drug-likeness (QED) is 0.0171. The summed E-state index contributed by atoms with van der Waals surface area (Å²) in [7, 11) is 0. The lowest BCUT2D eigenvalue weighted by Gasteiger charge is -2.67. The van der Waals surface area contributed by atoms with Crippen LogP contribution in [-0.2, 0) is 54.1 Å². The van der Waals surface area contributed by atoms with Gasteiger partial charge in [0.1, 0.15) is 71.1 Å². The molecule has 1 aromatic heterocycles. The van der Waals surface area contributed by atoms with E-state index in [1.165, 1.54) is 64.4 Å². The van der Waals surface area contributed by atoms with E-state index in [2.05, 4.69) is 15.3 Å². The molecular formula is C74H90FN11O18. The van der Waals surface area contributed by atoms with Gasteiger partial charge in [0, 0.05) is 95.7 Å². The molecule has 11 rings (SSSR count). The zero-order valence-electron chi connectivity index (χ0n) is 59.7. The van der Waals surface area contributed by atoms with Crippen molar-refractivity contribution >= 4 is 65.2 Å². The van der Waals surface area contributed by atoms with Crippen LogP contribution in [0, 0.1) is 28.0 Å². The molecule has 3 saturated heterocycles. The summed E-state index contributed by atoms with van der Waals surface area (Å²) in [5.74, 6) is -7.78. The van der Waals surface area contributed by atoms with Gasteiger partial charge in [-0.25, -0.2) is 38.4 Å². The first-order chi connectivity index (χ1) is 49.1. The van der Waals surface area contributed by atoms with Crippen LogP contribution in [-0.4, -0.2) is 217 Å². The summed E-state index contributed by atoms with van der Waals surface area (Å²) in [6.45, 7) is 18.1. The van der Waals surface area contributed by atoms with Crippen LogP contribution in [0.15, 0.2) is 108 Å². The predicted octanol–water partition coefficient (Wildman–Crippen LogP) is 5.72. The number of nitrogens with zero attached hydrogens (tertiary/aromatic N) is 8. The lowest BCUT2D eigenvalue weighted by Crippen LogP contribution is -2.81. The molecule has 556 valence electrons. The molecule has 3 aliphatic carbocycles. The van der Waals surface area contributed by atoms with E-state index in [9.17, 15) is 49.5 Å². The fourth-order valence-electron chi connectivity index (χ4n) is 15.6.